The molecule has 0 unspecified atom stereocenters. The van der Waals surface area contributed by atoms with E-state index < -0.39 is 17.6 Å². The van der Waals surface area contributed by atoms with Crippen molar-refractivity contribution in [3.8, 4) is 0 Å². The van der Waals surface area contributed by atoms with Crippen LogP contribution in [0.3, 0.4) is 0 Å². The molecule has 3 N–H and O–H groups in total. The topological polar surface area (TPSA) is 72.5 Å². The van der Waals surface area contributed by atoms with Crippen molar-refractivity contribution in [3.63, 3.8) is 0 Å². The average Bonchev–Trinajstić information content (AvgIpc) is 2.71. The van der Waals surface area contributed by atoms with E-state index in [1.807, 2.05) is 66.7 Å². The highest BCUT2D eigenvalue weighted by Crippen LogP contribution is 2.52. The van der Waals surface area contributed by atoms with E-state index >= 15 is 0 Å². The number of hydrogen-bond acceptors (Lipinski definition) is 4. The zero-order valence-corrected chi connectivity index (χ0v) is 15.4. The zero-order chi connectivity index (χ0) is 18.9. The molecule has 0 aromatic heterocycles. The fraction of sp³-hybridized carbons (Fsp3) is 0.136. The highest BCUT2D eigenvalue weighted by atomic mass is 32.2. The van der Waals surface area contributed by atoms with Gasteiger partial charge in [-0.05, 0) is 17.7 Å². The number of carboxylic acid groups (broad SMARTS) is 1. The van der Waals surface area contributed by atoms with Crippen molar-refractivity contribution in [3.05, 3.63) is 95.6 Å². The lowest BCUT2D eigenvalue weighted by Crippen LogP contribution is -2.42. The second-order valence-electron chi connectivity index (χ2n) is 6.40. The summed E-state index contributed by atoms with van der Waals surface area (Å²) in [7, 11) is 0. The maximum absolute atomic E-state index is 11.3. The summed E-state index contributed by atoms with van der Waals surface area (Å²) >= 11 is 1.69. The molecule has 136 valence electrons. The van der Waals surface area contributed by atoms with Gasteiger partial charge in [0.1, 0.15) is 11.6 Å². The Kier molecular flexibility index (Phi) is 4.74. The molecular weight excluding hydrogens is 358 g/mol. The number of hydrogen-bond donors (Lipinski definition) is 2. The van der Waals surface area contributed by atoms with Gasteiger partial charge in [0.2, 0.25) is 0 Å². The normalized spacial score (nSPS) is 15.4. The molecule has 1 aliphatic heterocycles. The van der Waals surface area contributed by atoms with Crippen molar-refractivity contribution >= 4 is 17.7 Å². The van der Waals surface area contributed by atoms with Crippen LogP contribution in [0.2, 0.25) is 0 Å². The summed E-state index contributed by atoms with van der Waals surface area (Å²) in [6, 6.07) is 25.0. The molecule has 5 heteroatoms. The van der Waals surface area contributed by atoms with Gasteiger partial charge in [-0.2, -0.15) is 0 Å². The second-order valence-corrected chi connectivity index (χ2v) is 7.48. The summed E-state index contributed by atoms with van der Waals surface area (Å²) in [5, 5.41) is 9.25. The number of carbonyl (C=O) groups is 1. The van der Waals surface area contributed by atoms with Crippen molar-refractivity contribution in [2.75, 3.05) is 6.61 Å². The monoisotopic (exact) mass is 377 g/mol. The summed E-state index contributed by atoms with van der Waals surface area (Å²) in [5.41, 5.74) is 7.81. The molecule has 0 saturated heterocycles. The number of nitrogens with two attached hydrogens (primary N) is 1. The van der Waals surface area contributed by atoms with Crippen molar-refractivity contribution in [2.24, 2.45) is 5.73 Å². The molecule has 0 bridgehead atoms. The second kappa shape index (κ2) is 7.19. The molecule has 0 saturated carbocycles. The number of carboxylic acids is 1. The standard InChI is InChI=1S/C22H19NO3S/c23-18(21(24)25)14-26-22(15-8-2-1-3-9-15)16-10-4-6-12-19(16)27-20-13-7-5-11-17(20)22/h1-13,18H,14,23H2,(H,24,25)/t18-/m0/s1. The van der Waals surface area contributed by atoms with Gasteiger partial charge in [0.25, 0.3) is 0 Å². The SMILES string of the molecule is N[C@@H](COC1(c2ccccc2)c2ccccc2Sc2ccccc21)C(=O)O. The first-order valence-corrected chi connectivity index (χ1v) is 9.49. The molecule has 4 nitrogen and oxygen atoms in total. The largest absolute Gasteiger partial charge is 0.480 e. The Morgan fingerprint density at radius 1 is 0.926 bits per heavy atom. The Bertz CT molecular complexity index is 929. The highest BCUT2D eigenvalue weighted by molar-refractivity contribution is 7.99. The van der Waals surface area contributed by atoms with Crippen LogP contribution >= 0.6 is 11.8 Å². The molecule has 1 aliphatic rings. The summed E-state index contributed by atoms with van der Waals surface area (Å²) in [6.07, 6.45) is 0. The third-order valence-electron chi connectivity index (χ3n) is 4.73. The maximum atomic E-state index is 11.3. The number of rotatable bonds is 5. The molecule has 0 spiro atoms. The third kappa shape index (κ3) is 3.04. The fourth-order valence-electron chi connectivity index (χ4n) is 3.47. The lowest BCUT2D eigenvalue weighted by molar-refractivity contribution is -0.141. The predicted octanol–water partition coefficient (Wildman–Crippen LogP) is 3.87. The summed E-state index contributed by atoms with van der Waals surface area (Å²) in [6.45, 7) is -0.0996. The first-order valence-electron chi connectivity index (χ1n) is 8.67. The molecular formula is C22H19NO3S. The first-order chi connectivity index (χ1) is 13.1. The van der Waals surface area contributed by atoms with Crippen LogP contribution in [-0.2, 0) is 15.1 Å². The minimum absolute atomic E-state index is 0.0996. The van der Waals surface area contributed by atoms with E-state index in [0.29, 0.717) is 0 Å². The molecule has 0 amide bonds. The summed E-state index contributed by atoms with van der Waals surface area (Å²) < 4.78 is 6.41. The molecule has 27 heavy (non-hydrogen) atoms. The van der Waals surface area contributed by atoms with Gasteiger partial charge in [0.05, 0.1) is 6.61 Å². The number of benzene rings is 3. The van der Waals surface area contributed by atoms with Gasteiger partial charge in [0.15, 0.2) is 0 Å². The minimum atomic E-state index is -1.10. The zero-order valence-electron chi connectivity index (χ0n) is 14.5. The molecule has 3 aromatic carbocycles. The molecule has 0 radical (unpaired) electrons. The Labute approximate surface area is 162 Å². The van der Waals surface area contributed by atoms with E-state index in [1.165, 1.54) is 0 Å². The Hall–Kier alpha value is -2.60. The van der Waals surface area contributed by atoms with Crippen molar-refractivity contribution < 1.29 is 14.6 Å². The minimum Gasteiger partial charge on any atom is -0.480 e. The van der Waals surface area contributed by atoms with Gasteiger partial charge in [-0.1, -0.05) is 78.5 Å². The predicted molar refractivity (Wildman–Crippen MR) is 105 cm³/mol. The lowest BCUT2D eigenvalue weighted by atomic mass is 9.79. The van der Waals surface area contributed by atoms with Gasteiger partial charge in [0, 0.05) is 20.9 Å². The van der Waals surface area contributed by atoms with Gasteiger partial charge in [-0.25, -0.2) is 0 Å². The molecule has 3 aromatic rings. The van der Waals surface area contributed by atoms with Crippen molar-refractivity contribution in [2.45, 2.75) is 21.4 Å². The molecule has 4 rings (SSSR count). The van der Waals surface area contributed by atoms with Gasteiger partial charge >= 0.3 is 5.97 Å². The van der Waals surface area contributed by atoms with Crippen molar-refractivity contribution in [1.82, 2.24) is 0 Å². The van der Waals surface area contributed by atoms with Crippen LogP contribution in [-0.4, -0.2) is 23.7 Å². The van der Waals surface area contributed by atoms with Crippen LogP contribution in [0.25, 0.3) is 0 Å². The van der Waals surface area contributed by atoms with E-state index in [4.69, 9.17) is 10.5 Å². The lowest BCUT2D eigenvalue weighted by Gasteiger charge is -2.41. The van der Waals surface area contributed by atoms with Crippen LogP contribution in [0.4, 0.5) is 0 Å². The van der Waals surface area contributed by atoms with Crippen LogP contribution in [0.15, 0.2) is 88.7 Å². The van der Waals surface area contributed by atoms with E-state index in [1.54, 1.807) is 11.8 Å². The van der Waals surface area contributed by atoms with Gasteiger partial charge in [-0.3, -0.25) is 4.79 Å². The molecule has 0 fully saturated rings. The van der Waals surface area contributed by atoms with Crippen LogP contribution < -0.4 is 5.73 Å². The van der Waals surface area contributed by atoms with Gasteiger partial charge in [-0.15, -0.1) is 0 Å². The van der Waals surface area contributed by atoms with Crippen LogP contribution in [0, 0.1) is 0 Å². The summed E-state index contributed by atoms with van der Waals surface area (Å²) in [4.78, 5) is 13.5. The van der Waals surface area contributed by atoms with E-state index in [-0.39, 0.29) is 6.61 Å². The maximum Gasteiger partial charge on any atom is 0.322 e. The van der Waals surface area contributed by atoms with Crippen LogP contribution in [0.5, 0.6) is 0 Å². The Morgan fingerprint density at radius 2 is 1.44 bits per heavy atom. The third-order valence-corrected chi connectivity index (χ3v) is 5.88. The van der Waals surface area contributed by atoms with E-state index in [0.717, 1.165) is 26.5 Å². The average molecular weight is 377 g/mol. The molecule has 1 heterocycles. The van der Waals surface area contributed by atoms with E-state index in [2.05, 4.69) is 12.1 Å². The highest BCUT2D eigenvalue weighted by Gasteiger charge is 2.44. The first kappa shape index (κ1) is 17.8. The van der Waals surface area contributed by atoms with E-state index in [9.17, 15) is 9.90 Å². The van der Waals surface area contributed by atoms with Crippen LogP contribution in [0.1, 0.15) is 16.7 Å². The number of aliphatic carboxylic acids is 1. The molecule has 1 atom stereocenters. The van der Waals surface area contributed by atoms with Gasteiger partial charge < -0.3 is 15.6 Å². The smallest absolute Gasteiger partial charge is 0.322 e. The fourth-order valence-corrected chi connectivity index (χ4v) is 4.64. The number of ether oxygens (including phenoxy) is 1. The Balaban J connectivity index is 1.96. The molecule has 0 aliphatic carbocycles. The quantitative estimate of drug-likeness (QED) is 0.706. The van der Waals surface area contributed by atoms with Crippen molar-refractivity contribution in [1.29, 1.82) is 0 Å². The Morgan fingerprint density at radius 3 is 2.00 bits per heavy atom. The number of fused-ring (bicyclic) bond motifs is 2. The summed E-state index contributed by atoms with van der Waals surface area (Å²) in [5.74, 6) is -1.08.